The molecule has 0 rings (SSSR count). The molecule has 2 atom stereocenters. The number of aliphatic carboxylic acids is 1. The highest BCUT2D eigenvalue weighted by molar-refractivity contribution is 5.72. The third kappa shape index (κ3) is 31.0. The molecule has 0 heterocycles. The molecule has 0 aromatic heterocycles. The largest absolute Gasteiger partial charge is 0.477 e. The van der Waals surface area contributed by atoms with E-state index in [2.05, 4.69) is 62.5 Å². The van der Waals surface area contributed by atoms with E-state index in [1.54, 1.807) is 0 Å². The monoisotopic (exact) mass is 691 g/mol. The Balaban J connectivity index is 4.49. The third-order valence-corrected chi connectivity index (χ3v) is 8.21. The zero-order valence-electron chi connectivity index (χ0n) is 31.9. The average molecular weight is 691 g/mol. The van der Waals surface area contributed by atoms with Crippen LogP contribution in [0.3, 0.4) is 0 Å². The third-order valence-electron chi connectivity index (χ3n) is 8.21. The first-order valence-corrected chi connectivity index (χ1v) is 19.2. The second kappa shape index (κ2) is 32.5. The molecule has 0 saturated heterocycles. The normalized spacial score (nSPS) is 13.6. The van der Waals surface area contributed by atoms with Gasteiger partial charge in [-0.3, -0.25) is 9.59 Å². The van der Waals surface area contributed by atoms with Crippen LogP contribution in [-0.2, 0) is 28.6 Å². The van der Waals surface area contributed by atoms with Gasteiger partial charge in [-0.25, -0.2) is 4.79 Å². The van der Waals surface area contributed by atoms with Gasteiger partial charge in [0.2, 0.25) is 0 Å². The number of nitrogens with zero attached hydrogens (tertiary/aromatic N) is 1. The summed E-state index contributed by atoms with van der Waals surface area (Å²) in [7, 11) is 5.50. The molecular formula is C41H72NO7+. The maximum absolute atomic E-state index is 12.6. The van der Waals surface area contributed by atoms with Gasteiger partial charge in [-0.1, -0.05) is 107 Å². The number of hydrogen-bond donors (Lipinski definition) is 1. The minimum atomic E-state index is -0.883. The number of esters is 2. The van der Waals surface area contributed by atoms with Gasteiger partial charge in [-0.05, 0) is 64.2 Å². The van der Waals surface area contributed by atoms with Gasteiger partial charge >= 0.3 is 17.9 Å². The number of quaternary nitrogens is 1. The minimum absolute atomic E-state index is 0.0480. The molecule has 0 bridgehead atoms. The van der Waals surface area contributed by atoms with Gasteiger partial charge in [0.05, 0.1) is 34.4 Å². The standard InChI is InChI=1S/C41H71NO7/c1-6-8-10-12-14-16-18-19-20-22-24-26-28-30-32-40(44)49-37(35-47-34-33-38(41(45)46)42(3,4)5)36-48-39(43)31-29-27-25-23-21-17-15-13-11-9-7-2/h8,10,13-16,19-20,37-38H,6-7,9,11-12,17-18,21-36H2,1-5H3/p+1/b10-8+,15-13+,16-14+,20-19+. The molecule has 0 aliphatic carbocycles. The van der Waals surface area contributed by atoms with E-state index in [0.29, 0.717) is 19.3 Å². The molecule has 0 saturated carbocycles. The lowest BCUT2D eigenvalue weighted by molar-refractivity contribution is -0.887. The van der Waals surface area contributed by atoms with Crippen molar-refractivity contribution in [2.45, 2.75) is 154 Å². The summed E-state index contributed by atoms with van der Waals surface area (Å²) in [6, 6.07) is -0.619. The summed E-state index contributed by atoms with van der Waals surface area (Å²) in [4.78, 5) is 36.7. The van der Waals surface area contributed by atoms with Crippen molar-refractivity contribution in [1.82, 2.24) is 0 Å². The highest BCUT2D eigenvalue weighted by Gasteiger charge is 2.31. The van der Waals surface area contributed by atoms with Crippen molar-refractivity contribution in [1.29, 1.82) is 0 Å². The lowest BCUT2D eigenvalue weighted by atomic mass is 10.1. The van der Waals surface area contributed by atoms with Crippen LogP contribution in [0.2, 0.25) is 0 Å². The molecule has 282 valence electrons. The van der Waals surface area contributed by atoms with Crippen molar-refractivity contribution in [2.75, 3.05) is 41.0 Å². The molecule has 0 amide bonds. The lowest BCUT2D eigenvalue weighted by Gasteiger charge is -2.31. The van der Waals surface area contributed by atoms with Crippen molar-refractivity contribution in [3.63, 3.8) is 0 Å². The van der Waals surface area contributed by atoms with Gasteiger partial charge in [0.15, 0.2) is 12.1 Å². The number of hydrogen-bond acceptors (Lipinski definition) is 6. The molecule has 8 nitrogen and oxygen atoms in total. The van der Waals surface area contributed by atoms with E-state index < -0.39 is 18.1 Å². The molecule has 1 N–H and O–H groups in total. The predicted molar refractivity (Wildman–Crippen MR) is 201 cm³/mol. The molecule has 0 radical (unpaired) electrons. The fourth-order valence-electron chi connectivity index (χ4n) is 5.20. The Morgan fingerprint density at radius 3 is 1.71 bits per heavy atom. The zero-order chi connectivity index (χ0) is 36.4. The summed E-state index contributed by atoms with van der Waals surface area (Å²) in [5, 5.41) is 9.58. The van der Waals surface area contributed by atoms with Gasteiger partial charge in [-0.15, -0.1) is 0 Å². The molecule has 0 aliphatic heterocycles. The maximum atomic E-state index is 12.6. The van der Waals surface area contributed by atoms with Crippen LogP contribution in [0.15, 0.2) is 48.6 Å². The number of likely N-dealkylation sites (N-methyl/N-ethyl adjacent to an activating group) is 1. The highest BCUT2D eigenvalue weighted by atomic mass is 16.6. The predicted octanol–water partition coefficient (Wildman–Crippen LogP) is 9.68. The molecule has 2 unspecified atom stereocenters. The first-order valence-electron chi connectivity index (χ1n) is 19.2. The van der Waals surface area contributed by atoms with E-state index in [9.17, 15) is 19.5 Å². The number of allylic oxidation sites excluding steroid dienone is 8. The van der Waals surface area contributed by atoms with Crippen LogP contribution in [0, 0.1) is 0 Å². The van der Waals surface area contributed by atoms with E-state index in [-0.39, 0.29) is 36.2 Å². The molecular weight excluding hydrogens is 618 g/mol. The molecule has 0 aromatic rings. The van der Waals surface area contributed by atoms with E-state index >= 15 is 0 Å². The number of rotatable bonds is 33. The topological polar surface area (TPSA) is 99.1 Å². The SMILES string of the molecule is CC/C=C/C/C=C/C/C=C/CCCCCCC(=O)OC(COCCC(C(=O)O)[N+](C)(C)C)COC(=O)CCCCCCC/C=C/CCCC. The van der Waals surface area contributed by atoms with Gasteiger partial charge < -0.3 is 23.8 Å². The minimum Gasteiger partial charge on any atom is -0.477 e. The molecule has 8 heteroatoms. The highest BCUT2D eigenvalue weighted by Crippen LogP contribution is 2.12. The Hall–Kier alpha value is -2.71. The van der Waals surface area contributed by atoms with E-state index in [0.717, 1.165) is 83.5 Å². The number of unbranched alkanes of at least 4 members (excludes halogenated alkanes) is 11. The van der Waals surface area contributed by atoms with Crippen LogP contribution in [0.1, 0.15) is 142 Å². The van der Waals surface area contributed by atoms with Crippen LogP contribution in [0.4, 0.5) is 0 Å². The molecule has 0 spiro atoms. The fourth-order valence-corrected chi connectivity index (χ4v) is 5.20. The second-order valence-electron chi connectivity index (χ2n) is 13.8. The summed E-state index contributed by atoms with van der Waals surface area (Å²) in [5.41, 5.74) is 0. The Morgan fingerprint density at radius 2 is 1.14 bits per heavy atom. The first kappa shape index (κ1) is 46.3. The molecule has 49 heavy (non-hydrogen) atoms. The Morgan fingerprint density at radius 1 is 0.633 bits per heavy atom. The second-order valence-corrected chi connectivity index (χ2v) is 13.8. The fraction of sp³-hybridized carbons (Fsp3) is 0.732. The van der Waals surface area contributed by atoms with Crippen LogP contribution in [0.5, 0.6) is 0 Å². The number of carbonyl (C=O) groups excluding carboxylic acids is 2. The zero-order valence-corrected chi connectivity index (χ0v) is 31.9. The van der Waals surface area contributed by atoms with E-state index in [1.807, 2.05) is 21.1 Å². The summed E-state index contributed by atoms with van der Waals surface area (Å²) in [6.07, 6.45) is 35.8. The average Bonchev–Trinajstić information content (AvgIpc) is 3.05. The van der Waals surface area contributed by atoms with Gasteiger partial charge in [0.25, 0.3) is 0 Å². The summed E-state index contributed by atoms with van der Waals surface area (Å²) < 4.78 is 17.2. The molecule has 0 fully saturated rings. The van der Waals surface area contributed by atoms with Crippen LogP contribution in [0.25, 0.3) is 0 Å². The van der Waals surface area contributed by atoms with Crippen molar-refractivity contribution in [3.8, 4) is 0 Å². The number of carboxylic acids is 1. The Labute approximate surface area is 299 Å². The van der Waals surface area contributed by atoms with E-state index in [1.165, 1.54) is 25.7 Å². The van der Waals surface area contributed by atoms with Crippen LogP contribution >= 0.6 is 0 Å². The first-order chi connectivity index (χ1) is 23.6. The van der Waals surface area contributed by atoms with Crippen molar-refractivity contribution < 1.29 is 38.2 Å². The van der Waals surface area contributed by atoms with Crippen molar-refractivity contribution in [3.05, 3.63) is 48.6 Å². The lowest BCUT2D eigenvalue weighted by Crippen LogP contribution is -2.50. The van der Waals surface area contributed by atoms with Crippen molar-refractivity contribution >= 4 is 17.9 Å². The Kier molecular flexibility index (Phi) is 30.7. The smallest absolute Gasteiger partial charge is 0.362 e. The van der Waals surface area contributed by atoms with Gasteiger partial charge in [-0.2, -0.15) is 0 Å². The molecule has 0 aromatic carbocycles. The Bertz CT molecular complexity index is 948. The number of ether oxygens (including phenoxy) is 3. The number of carbonyl (C=O) groups is 3. The number of carboxylic acid groups (broad SMARTS) is 1. The van der Waals surface area contributed by atoms with E-state index in [4.69, 9.17) is 14.2 Å². The quantitative estimate of drug-likeness (QED) is 0.0317. The van der Waals surface area contributed by atoms with Gasteiger partial charge in [0.1, 0.15) is 6.61 Å². The van der Waals surface area contributed by atoms with Crippen LogP contribution in [-0.4, -0.2) is 80.6 Å². The summed E-state index contributed by atoms with van der Waals surface area (Å²) >= 11 is 0. The van der Waals surface area contributed by atoms with Crippen LogP contribution < -0.4 is 0 Å². The van der Waals surface area contributed by atoms with Gasteiger partial charge in [0, 0.05) is 19.3 Å². The molecule has 0 aliphatic rings. The van der Waals surface area contributed by atoms with Crippen molar-refractivity contribution in [2.24, 2.45) is 0 Å². The summed E-state index contributed by atoms with van der Waals surface area (Å²) in [6.45, 7) is 4.53. The maximum Gasteiger partial charge on any atom is 0.362 e. The summed E-state index contributed by atoms with van der Waals surface area (Å²) in [5.74, 6) is -1.52.